The molecule has 1 saturated carbocycles. The highest BCUT2D eigenvalue weighted by atomic mass is 32.2. The van der Waals surface area contributed by atoms with Gasteiger partial charge < -0.3 is 4.90 Å². The standard InChI is InChI=1S/C11H16N2OS2/c1-13(5-6-15-2)11-12-10(8-3-4-8)9(7-14)16-11/h7-8H,3-6H2,1-2H3. The Morgan fingerprint density at radius 1 is 1.62 bits per heavy atom. The quantitative estimate of drug-likeness (QED) is 0.733. The highest BCUT2D eigenvalue weighted by Gasteiger charge is 2.30. The minimum absolute atomic E-state index is 0.555. The van der Waals surface area contributed by atoms with Gasteiger partial charge in [-0.1, -0.05) is 11.3 Å². The minimum Gasteiger partial charge on any atom is -0.350 e. The molecule has 0 amide bonds. The number of anilines is 1. The maximum absolute atomic E-state index is 11.0. The number of hydrogen-bond acceptors (Lipinski definition) is 5. The van der Waals surface area contributed by atoms with Crippen LogP contribution in [0.1, 0.15) is 34.1 Å². The van der Waals surface area contributed by atoms with E-state index in [1.807, 2.05) is 18.8 Å². The van der Waals surface area contributed by atoms with Gasteiger partial charge in [-0.3, -0.25) is 4.79 Å². The van der Waals surface area contributed by atoms with Gasteiger partial charge in [0.1, 0.15) is 0 Å². The van der Waals surface area contributed by atoms with Crippen LogP contribution in [-0.4, -0.2) is 36.9 Å². The van der Waals surface area contributed by atoms with E-state index in [0.717, 1.165) is 34.3 Å². The molecule has 0 aromatic carbocycles. The fraction of sp³-hybridized carbons (Fsp3) is 0.636. The van der Waals surface area contributed by atoms with Gasteiger partial charge in [0, 0.05) is 25.3 Å². The molecule has 1 aliphatic carbocycles. The third-order valence-corrected chi connectivity index (χ3v) is 4.40. The van der Waals surface area contributed by atoms with Gasteiger partial charge in [-0.15, -0.1) is 0 Å². The van der Waals surface area contributed by atoms with Crippen molar-refractivity contribution < 1.29 is 4.79 Å². The van der Waals surface area contributed by atoms with Gasteiger partial charge in [0.2, 0.25) is 0 Å². The number of carbonyl (C=O) groups is 1. The Labute approximate surface area is 104 Å². The Hall–Kier alpha value is -0.550. The van der Waals surface area contributed by atoms with Crippen molar-refractivity contribution in [3.8, 4) is 0 Å². The molecule has 0 N–H and O–H groups in total. The predicted octanol–water partition coefficient (Wildman–Crippen LogP) is 2.63. The SMILES string of the molecule is CSCCN(C)c1nc(C2CC2)c(C=O)s1. The van der Waals surface area contributed by atoms with Crippen molar-refractivity contribution in [3.63, 3.8) is 0 Å². The monoisotopic (exact) mass is 256 g/mol. The van der Waals surface area contributed by atoms with Crippen molar-refractivity contribution in [3.05, 3.63) is 10.6 Å². The molecule has 3 nitrogen and oxygen atoms in total. The molecule has 2 rings (SSSR count). The molecule has 0 bridgehead atoms. The summed E-state index contributed by atoms with van der Waals surface area (Å²) in [5, 5.41) is 0.984. The van der Waals surface area contributed by atoms with E-state index in [0.29, 0.717) is 5.92 Å². The summed E-state index contributed by atoms with van der Waals surface area (Å²) in [6.07, 6.45) is 5.44. The lowest BCUT2D eigenvalue weighted by Gasteiger charge is -2.14. The van der Waals surface area contributed by atoms with Crippen LogP contribution in [0.2, 0.25) is 0 Å². The van der Waals surface area contributed by atoms with Crippen molar-refractivity contribution in [1.29, 1.82) is 0 Å². The van der Waals surface area contributed by atoms with Crippen LogP contribution in [0.3, 0.4) is 0 Å². The zero-order chi connectivity index (χ0) is 11.5. The Balaban J connectivity index is 2.11. The van der Waals surface area contributed by atoms with Crippen LogP contribution in [0.4, 0.5) is 5.13 Å². The van der Waals surface area contributed by atoms with Gasteiger partial charge in [-0.05, 0) is 19.1 Å². The highest BCUT2D eigenvalue weighted by molar-refractivity contribution is 7.98. The van der Waals surface area contributed by atoms with Crippen molar-refractivity contribution in [2.24, 2.45) is 0 Å². The molecule has 0 atom stereocenters. The van der Waals surface area contributed by atoms with E-state index in [4.69, 9.17) is 0 Å². The van der Waals surface area contributed by atoms with Gasteiger partial charge in [-0.2, -0.15) is 11.8 Å². The van der Waals surface area contributed by atoms with Crippen LogP contribution in [0.25, 0.3) is 0 Å². The number of aromatic nitrogens is 1. The topological polar surface area (TPSA) is 33.2 Å². The molecule has 1 aliphatic rings. The molecule has 0 spiro atoms. The number of rotatable bonds is 6. The first-order valence-electron chi connectivity index (χ1n) is 5.42. The fourth-order valence-electron chi connectivity index (χ4n) is 1.55. The van der Waals surface area contributed by atoms with Crippen LogP contribution in [0.5, 0.6) is 0 Å². The second-order valence-corrected chi connectivity index (χ2v) is 6.05. The Morgan fingerprint density at radius 2 is 2.38 bits per heavy atom. The van der Waals surface area contributed by atoms with Crippen LogP contribution < -0.4 is 4.90 Å². The molecule has 0 saturated heterocycles. The summed E-state index contributed by atoms with van der Waals surface area (Å²) < 4.78 is 0. The van der Waals surface area contributed by atoms with E-state index in [2.05, 4.69) is 16.1 Å². The molecule has 0 aliphatic heterocycles. The maximum atomic E-state index is 11.0. The molecule has 5 heteroatoms. The average molecular weight is 256 g/mol. The maximum Gasteiger partial charge on any atom is 0.185 e. The summed E-state index contributed by atoms with van der Waals surface area (Å²) in [6.45, 7) is 0.983. The Bertz CT molecular complexity index is 374. The number of carbonyl (C=O) groups excluding carboxylic acids is 1. The molecular weight excluding hydrogens is 240 g/mol. The van der Waals surface area contributed by atoms with Crippen molar-refractivity contribution in [2.45, 2.75) is 18.8 Å². The average Bonchev–Trinajstić information content (AvgIpc) is 3.05. The van der Waals surface area contributed by atoms with E-state index < -0.39 is 0 Å². The van der Waals surface area contributed by atoms with Crippen LogP contribution >= 0.6 is 23.1 Å². The van der Waals surface area contributed by atoms with Gasteiger partial charge >= 0.3 is 0 Å². The molecular formula is C11H16N2OS2. The summed E-state index contributed by atoms with van der Waals surface area (Å²) >= 11 is 3.35. The molecule has 16 heavy (non-hydrogen) atoms. The predicted molar refractivity (Wildman–Crippen MR) is 71.1 cm³/mol. The van der Waals surface area contributed by atoms with Crippen LogP contribution in [0, 0.1) is 0 Å². The molecule has 1 aromatic rings. The lowest BCUT2D eigenvalue weighted by atomic mass is 10.3. The first kappa shape index (κ1) is 11.9. The summed E-state index contributed by atoms with van der Waals surface area (Å²) in [6, 6.07) is 0. The van der Waals surface area contributed by atoms with Crippen molar-refractivity contribution in [2.75, 3.05) is 30.5 Å². The van der Waals surface area contributed by atoms with E-state index in [-0.39, 0.29) is 0 Å². The van der Waals surface area contributed by atoms with E-state index in [1.54, 1.807) is 0 Å². The minimum atomic E-state index is 0.555. The molecule has 1 fully saturated rings. The zero-order valence-electron chi connectivity index (χ0n) is 9.60. The van der Waals surface area contributed by atoms with Gasteiger partial charge in [0.15, 0.2) is 11.4 Å². The fourth-order valence-corrected chi connectivity index (χ4v) is 2.96. The molecule has 1 heterocycles. The van der Waals surface area contributed by atoms with Crippen molar-refractivity contribution in [1.82, 2.24) is 4.98 Å². The van der Waals surface area contributed by atoms with Crippen LogP contribution in [-0.2, 0) is 0 Å². The number of nitrogens with zero attached hydrogens (tertiary/aromatic N) is 2. The Morgan fingerprint density at radius 3 is 2.94 bits per heavy atom. The van der Waals surface area contributed by atoms with Gasteiger partial charge in [0.25, 0.3) is 0 Å². The molecule has 0 radical (unpaired) electrons. The van der Waals surface area contributed by atoms with Gasteiger partial charge in [0.05, 0.1) is 10.6 Å². The lowest BCUT2D eigenvalue weighted by Crippen LogP contribution is -2.19. The second kappa shape index (κ2) is 5.19. The van der Waals surface area contributed by atoms with Crippen molar-refractivity contribution >= 4 is 34.5 Å². The summed E-state index contributed by atoms with van der Waals surface area (Å²) in [5.41, 5.74) is 1.03. The Kier molecular flexibility index (Phi) is 3.86. The smallest absolute Gasteiger partial charge is 0.185 e. The number of aldehydes is 1. The molecule has 1 aromatic heterocycles. The van der Waals surface area contributed by atoms with E-state index in [9.17, 15) is 4.79 Å². The summed E-state index contributed by atoms with van der Waals surface area (Å²) in [7, 11) is 2.04. The molecule has 0 unspecified atom stereocenters. The summed E-state index contributed by atoms with van der Waals surface area (Å²) in [5.74, 6) is 1.64. The largest absolute Gasteiger partial charge is 0.350 e. The first-order chi connectivity index (χ1) is 7.76. The zero-order valence-corrected chi connectivity index (χ0v) is 11.2. The van der Waals surface area contributed by atoms with E-state index >= 15 is 0 Å². The second-order valence-electron chi connectivity index (χ2n) is 4.05. The third kappa shape index (κ3) is 2.58. The van der Waals surface area contributed by atoms with Gasteiger partial charge in [-0.25, -0.2) is 4.98 Å². The normalized spacial score (nSPS) is 15.1. The summed E-state index contributed by atoms with van der Waals surface area (Å²) in [4.78, 5) is 18.5. The number of thioether (sulfide) groups is 1. The number of hydrogen-bond donors (Lipinski definition) is 0. The first-order valence-corrected chi connectivity index (χ1v) is 7.63. The molecule has 88 valence electrons. The lowest BCUT2D eigenvalue weighted by molar-refractivity contribution is 0.112. The highest BCUT2D eigenvalue weighted by Crippen LogP contribution is 2.43. The third-order valence-electron chi connectivity index (χ3n) is 2.70. The van der Waals surface area contributed by atoms with E-state index in [1.165, 1.54) is 24.2 Å². The van der Waals surface area contributed by atoms with Crippen LogP contribution in [0.15, 0.2) is 0 Å². The number of thiazole rings is 1.